The first kappa shape index (κ1) is 13.3. The Morgan fingerprint density at radius 3 is 2.22 bits per heavy atom. The van der Waals surface area contributed by atoms with Gasteiger partial charge in [0, 0.05) is 12.2 Å². The summed E-state index contributed by atoms with van der Waals surface area (Å²) in [5.41, 5.74) is 12.7. The van der Waals surface area contributed by atoms with Crippen molar-refractivity contribution in [2.45, 2.75) is 45.4 Å². The molecule has 1 aromatic heterocycles. The van der Waals surface area contributed by atoms with Gasteiger partial charge in [-0.05, 0) is 39.8 Å². The Morgan fingerprint density at radius 2 is 1.72 bits per heavy atom. The van der Waals surface area contributed by atoms with E-state index in [4.69, 9.17) is 20.8 Å². The number of anilines is 1. The zero-order valence-corrected chi connectivity index (χ0v) is 11.4. The lowest BCUT2D eigenvalue weighted by atomic mass is 9.82. The van der Waals surface area contributed by atoms with Crippen LogP contribution in [0.4, 0.5) is 5.69 Å². The Morgan fingerprint density at radius 1 is 1.17 bits per heavy atom. The predicted molar refractivity (Wildman–Crippen MR) is 72.3 cm³/mol. The molecule has 2 heterocycles. The van der Waals surface area contributed by atoms with Crippen molar-refractivity contribution < 1.29 is 9.31 Å². The maximum Gasteiger partial charge on any atom is 0.516 e. The summed E-state index contributed by atoms with van der Waals surface area (Å²) in [6.07, 6.45) is 0. The van der Waals surface area contributed by atoms with Gasteiger partial charge >= 0.3 is 7.12 Å². The highest BCUT2D eigenvalue weighted by Crippen LogP contribution is 2.36. The fraction of sp³-hybridized carbons (Fsp3) is 0.583. The molecule has 0 saturated carbocycles. The number of nitrogens with two attached hydrogens (primary N) is 2. The van der Waals surface area contributed by atoms with Gasteiger partial charge in [-0.1, -0.05) is 0 Å². The molecule has 2 rings (SSSR count). The van der Waals surface area contributed by atoms with Crippen LogP contribution in [-0.4, -0.2) is 23.3 Å². The number of hydrogen-bond donors (Lipinski definition) is 2. The van der Waals surface area contributed by atoms with Gasteiger partial charge in [0.15, 0.2) is 0 Å². The van der Waals surface area contributed by atoms with Crippen LogP contribution in [0.1, 0.15) is 33.4 Å². The predicted octanol–water partition coefficient (Wildman–Crippen LogP) is 0.422. The number of nitrogen functional groups attached to an aromatic ring is 1. The van der Waals surface area contributed by atoms with Gasteiger partial charge in [0.1, 0.15) is 0 Å². The van der Waals surface area contributed by atoms with Crippen molar-refractivity contribution in [2.24, 2.45) is 5.73 Å². The number of hydrogen-bond acceptors (Lipinski definition) is 5. The Balaban J connectivity index is 2.34. The van der Waals surface area contributed by atoms with Crippen LogP contribution in [0.25, 0.3) is 0 Å². The lowest BCUT2D eigenvalue weighted by Gasteiger charge is -2.32. The minimum absolute atomic E-state index is 0.368. The second-order valence-electron chi connectivity index (χ2n) is 5.57. The number of rotatable bonds is 2. The van der Waals surface area contributed by atoms with E-state index in [9.17, 15) is 0 Å². The molecule has 0 atom stereocenters. The van der Waals surface area contributed by atoms with Crippen molar-refractivity contribution in [3.8, 4) is 0 Å². The summed E-state index contributed by atoms with van der Waals surface area (Å²) in [5, 5.41) is 0. The first-order valence-corrected chi connectivity index (χ1v) is 6.08. The van der Waals surface area contributed by atoms with Crippen molar-refractivity contribution in [1.82, 2.24) is 4.98 Å². The zero-order chi connectivity index (χ0) is 13.6. The zero-order valence-electron chi connectivity index (χ0n) is 11.4. The van der Waals surface area contributed by atoms with E-state index in [2.05, 4.69) is 4.98 Å². The topological polar surface area (TPSA) is 83.4 Å². The molecular weight excluding hydrogens is 229 g/mol. The van der Waals surface area contributed by atoms with Crippen molar-refractivity contribution in [1.29, 1.82) is 0 Å². The lowest BCUT2D eigenvalue weighted by molar-refractivity contribution is 0.00578. The second kappa shape index (κ2) is 4.22. The maximum absolute atomic E-state index is 5.94. The monoisotopic (exact) mass is 249 g/mol. The minimum atomic E-state index is -0.540. The average molecular weight is 249 g/mol. The second-order valence-corrected chi connectivity index (χ2v) is 5.57. The number of nitrogens with zero attached hydrogens (tertiary/aromatic N) is 1. The smallest absolute Gasteiger partial charge is 0.398 e. The van der Waals surface area contributed by atoms with E-state index in [0.717, 1.165) is 5.69 Å². The van der Waals surface area contributed by atoms with Crippen LogP contribution in [-0.2, 0) is 15.9 Å². The molecule has 1 saturated heterocycles. The molecule has 0 spiro atoms. The van der Waals surface area contributed by atoms with Gasteiger partial charge in [-0.15, -0.1) is 0 Å². The Kier molecular flexibility index (Phi) is 3.13. The third kappa shape index (κ3) is 2.11. The molecule has 1 aliphatic heterocycles. The van der Waals surface area contributed by atoms with Crippen molar-refractivity contribution >= 4 is 18.4 Å². The Labute approximate surface area is 108 Å². The van der Waals surface area contributed by atoms with Crippen molar-refractivity contribution in [3.63, 3.8) is 0 Å². The third-order valence-electron chi connectivity index (χ3n) is 3.70. The maximum atomic E-state index is 5.94. The Bertz CT molecular complexity index is 447. The number of pyridine rings is 1. The van der Waals surface area contributed by atoms with Gasteiger partial charge in [-0.3, -0.25) is 4.98 Å². The average Bonchev–Trinajstić information content (AvgIpc) is 2.48. The van der Waals surface area contributed by atoms with Crippen molar-refractivity contribution in [2.75, 3.05) is 5.73 Å². The lowest BCUT2D eigenvalue weighted by Crippen LogP contribution is -2.41. The first-order chi connectivity index (χ1) is 8.27. The molecule has 0 radical (unpaired) electrons. The van der Waals surface area contributed by atoms with Gasteiger partial charge < -0.3 is 20.8 Å². The van der Waals surface area contributed by atoms with E-state index in [1.165, 1.54) is 0 Å². The van der Waals surface area contributed by atoms with Gasteiger partial charge in [-0.25, -0.2) is 0 Å². The van der Waals surface area contributed by atoms with E-state index in [1.54, 1.807) is 6.07 Å². The van der Waals surface area contributed by atoms with Gasteiger partial charge in [-0.2, -0.15) is 0 Å². The molecule has 0 aromatic carbocycles. The quantitative estimate of drug-likeness (QED) is 0.742. The molecule has 5 nitrogen and oxygen atoms in total. The molecule has 0 amide bonds. The van der Waals surface area contributed by atoms with Crippen LogP contribution >= 0.6 is 0 Å². The number of aromatic nitrogens is 1. The molecule has 6 heteroatoms. The van der Waals surface area contributed by atoms with E-state index in [1.807, 2.05) is 33.8 Å². The highest BCUT2D eigenvalue weighted by molar-refractivity contribution is 6.62. The molecule has 1 fully saturated rings. The largest absolute Gasteiger partial charge is 0.516 e. The summed E-state index contributed by atoms with van der Waals surface area (Å²) >= 11 is 0. The summed E-state index contributed by atoms with van der Waals surface area (Å²) in [4.78, 5) is 4.40. The summed E-state index contributed by atoms with van der Waals surface area (Å²) in [7, 11) is -0.540. The van der Waals surface area contributed by atoms with Crippen LogP contribution in [0.5, 0.6) is 0 Å². The van der Waals surface area contributed by atoms with Crippen LogP contribution in [0.2, 0.25) is 0 Å². The first-order valence-electron chi connectivity index (χ1n) is 6.08. The summed E-state index contributed by atoms with van der Waals surface area (Å²) in [6, 6.07) is 3.60. The summed E-state index contributed by atoms with van der Waals surface area (Å²) < 4.78 is 11.8. The standard InChI is InChI=1S/C12H20BN3O2/c1-11(2)12(3,4)18-13(17-11)10-9(15)6-5-8(7-14)16-10/h5-6H,7,14-15H2,1-4H3. The van der Waals surface area contributed by atoms with Crippen molar-refractivity contribution in [3.05, 3.63) is 17.8 Å². The van der Waals surface area contributed by atoms with Gasteiger partial charge in [0.05, 0.1) is 22.5 Å². The molecule has 0 unspecified atom stereocenters. The molecule has 1 aliphatic rings. The van der Waals surface area contributed by atoms with E-state index < -0.39 is 18.3 Å². The molecule has 0 bridgehead atoms. The van der Waals surface area contributed by atoms with Crippen LogP contribution in [0, 0.1) is 0 Å². The van der Waals surface area contributed by atoms with E-state index >= 15 is 0 Å². The SMILES string of the molecule is CC1(C)OB(c2nc(CN)ccc2N)OC1(C)C. The summed E-state index contributed by atoms with van der Waals surface area (Å²) in [5.74, 6) is 0. The van der Waals surface area contributed by atoms with Gasteiger partial charge in [0.2, 0.25) is 0 Å². The Hall–Kier alpha value is -1.11. The molecular formula is C12H20BN3O2. The molecule has 18 heavy (non-hydrogen) atoms. The van der Waals surface area contributed by atoms with E-state index in [-0.39, 0.29) is 0 Å². The molecule has 98 valence electrons. The van der Waals surface area contributed by atoms with Crippen LogP contribution in [0.15, 0.2) is 12.1 Å². The third-order valence-corrected chi connectivity index (χ3v) is 3.70. The molecule has 4 N–H and O–H groups in total. The minimum Gasteiger partial charge on any atom is -0.398 e. The summed E-state index contributed by atoms with van der Waals surface area (Å²) in [6.45, 7) is 8.35. The van der Waals surface area contributed by atoms with E-state index in [0.29, 0.717) is 17.8 Å². The van der Waals surface area contributed by atoms with Gasteiger partial charge in [0.25, 0.3) is 0 Å². The fourth-order valence-electron chi connectivity index (χ4n) is 1.79. The highest BCUT2D eigenvalue weighted by atomic mass is 16.7. The molecule has 0 aliphatic carbocycles. The fourth-order valence-corrected chi connectivity index (χ4v) is 1.79. The molecule has 1 aromatic rings. The normalized spacial score (nSPS) is 21.3. The van der Waals surface area contributed by atoms with Crippen LogP contribution in [0.3, 0.4) is 0 Å². The highest BCUT2D eigenvalue weighted by Gasteiger charge is 2.52. The van der Waals surface area contributed by atoms with Crippen LogP contribution < -0.4 is 17.1 Å².